The third kappa shape index (κ3) is 1.59. The molecule has 19 heavy (non-hydrogen) atoms. The Balaban J connectivity index is 1.76. The lowest BCUT2D eigenvalue weighted by molar-refractivity contribution is 0.0994. The summed E-state index contributed by atoms with van der Waals surface area (Å²) in [6.07, 6.45) is 2.22. The van der Waals surface area contributed by atoms with E-state index >= 15 is 0 Å². The number of hydrogen-bond acceptors (Lipinski definition) is 2. The molecule has 0 bridgehead atoms. The van der Waals surface area contributed by atoms with Crippen molar-refractivity contribution in [2.24, 2.45) is 11.7 Å². The van der Waals surface area contributed by atoms with Gasteiger partial charge in [-0.2, -0.15) is 5.10 Å². The van der Waals surface area contributed by atoms with Gasteiger partial charge < -0.3 is 5.73 Å². The molecule has 1 aromatic carbocycles. The van der Waals surface area contributed by atoms with Crippen molar-refractivity contribution in [2.45, 2.75) is 25.3 Å². The number of primary amides is 1. The molecule has 96 valence electrons. The van der Waals surface area contributed by atoms with Crippen molar-refractivity contribution in [3.63, 3.8) is 0 Å². The van der Waals surface area contributed by atoms with Gasteiger partial charge in [0.05, 0.1) is 6.54 Å². The summed E-state index contributed by atoms with van der Waals surface area (Å²) in [5, 5.41) is 4.45. The van der Waals surface area contributed by atoms with Crippen LogP contribution in [0.1, 0.15) is 39.6 Å². The van der Waals surface area contributed by atoms with Gasteiger partial charge in [0.1, 0.15) is 0 Å². The molecule has 1 amide bonds. The Bertz CT molecular complexity index is 660. The van der Waals surface area contributed by atoms with E-state index in [-0.39, 0.29) is 0 Å². The maximum absolute atomic E-state index is 11.5. The molecule has 2 aliphatic carbocycles. The molecule has 1 fully saturated rings. The first kappa shape index (κ1) is 10.8. The topological polar surface area (TPSA) is 60.9 Å². The second-order valence-electron chi connectivity index (χ2n) is 5.53. The van der Waals surface area contributed by atoms with Crippen LogP contribution < -0.4 is 5.73 Å². The van der Waals surface area contributed by atoms with Crippen LogP contribution in [0.25, 0.3) is 0 Å². The van der Waals surface area contributed by atoms with Crippen LogP contribution in [-0.4, -0.2) is 15.7 Å². The Hall–Kier alpha value is -2.10. The maximum Gasteiger partial charge on any atom is 0.269 e. The number of hydrogen-bond donors (Lipinski definition) is 1. The zero-order valence-corrected chi connectivity index (χ0v) is 10.5. The highest BCUT2D eigenvalue weighted by molar-refractivity contribution is 5.93. The number of benzene rings is 1. The van der Waals surface area contributed by atoms with E-state index in [4.69, 9.17) is 5.73 Å². The maximum atomic E-state index is 11.5. The third-order valence-electron chi connectivity index (χ3n) is 4.24. The van der Waals surface area contributed by atoms with Gasteiger partial charge >= 0.3 is 0 Å². The standard InChI is InChI=1S/C15H15N3O/c16-15(19)13-12-7-10-6-11(10)14(12)18(17-13)8-9-4-2-1-3-5-9/h1-5,10-11H,6-8H2,(H2,16,19). The molecule has 2 atom stereocenters. The molecule has 0 radical (unpaired) electrons. The second kappa shape index (κ2) is 3.70. The first-order valence-electron chi connectivity index (χ1n) is 6.67. The van der Waals surface area contributed by atoms with Crippen LogP contribution in [0.15, 0.2) is 30.3 Å². The smallest absolute Gasteiger partial charge is 0.269 e. The molecule has 2 unspecified atom stereocenters. The fourth-order valence-electron chi connectivity index (χ4n) is 3.27. The zero-order chi connectivity index (χ0) is 13.0. The molecule has 2 aromatic rings. The number of fused-ring (bicyclic) bond motifs is 3. The highest BCUT2D eigenvalue weighted by atomic mass is 16.1. The Labute approximate surface area is 111 Å². The molecule has 2 N–H and O–H groups in total. The zero-order valence-electron chi connectivity index (χ0n) is 10.5. The summed E-state index contributed by atoms with van der Waals surface area (Å²) in [5.74, 6) is 0.941. The van der Waals surface area contributed by atoms with Crippen molar-refractivity contribution in [1.82, 2.24) is 9.78 Å². The lowest BCUT2D eigenvalue weighted by Crippen LogP contribution is -2.14. The van der Waals surface area contributed by atoms with E-state index in [1.807, 2.05) is 22.9 Å². The molecule has 0 saturated heterocycles. The van der Waals surface area contributed by atoms with Crippen LogP contribution >= 0.6 is 0 Å². The molecule has 4 heteroatoms. The molecular weight excluding hydrogens is 238 g/mol. The van der Waals surface area contributed by atoms with Crippen molar-refractivity contribution in [3.05, 3.63) is 52.8 Å². The number of carbonyl (C=O) groups excluding carboxylic acids is 1. The number of rotatable bonds is 3. The van der Waals surface area contributed by atoms with Crippen molar-refractivity contribution < 1.29 is 4.79 Å². The van der Waals surface area contributed by atoms with Crippen LogP contribution in [0.2, 0.25) is 0 Å². The lowest BCUT2D eigenvalue weighted by atomic mass is 10.1. The number of nitrogens with zero attached hydrogens (tertiary/aromatic N) is 2. The minimum atomic E-state index is -0.399. The first-order chi connectivity index (χ1) is 9.24. The van der Waals surface area contributed by atoms with Crippen molar-refractivity contribution in [3.8, 4) is 0 Å². The first-order valence-corrected chi connectivity index (χ1v) is 6.67. The predicted octanol–water partition coefficient (Wildman–Crippen LogP) is 1.69. The summed E-state index contributed by atoms with van der Waals surface area (Å²) in [6.45, 7) is 0.722. The van der Waals surface area contributed by atoms with Gasteiger partial charge in [-0.15, -0.1) is 0 Å². The molecular formula is C15H15N3O. The van der Waals surface area contributed by atoms with Gasteiger partial charge in [-0.05, 0) is 24.3 Å². The van der Waals surface area contributed by atoms with Gasteiger partial charge in [-0.1, -0.05) is 30.3 Å². The minimum absolute atomic E-state index is 0.399. The second-order valence-corrected chi connectivity index (χ2v) is 5.53. The van der Waals surface area contributed by atoms with E-state index in [9.17, 15) is 4.79 Å². The van der Waals surface area contributed by atoms with Gasteiger partial charge in [-0.25, -0.2) is 0 Å². The molecule has 1 saturated carbocycles. The van der Waals surface area contributed by atoms with E-state index in [0.717, 1.165) is 24.4 Å². The molecule has 1 heterocycles. The Morgan fingerprint density at radius 1 is 1.37 bits per heavy atom. The van der Waals surface area contributed by atoms with Crippen molar-refractivity contribution in [1.29, 1.82) is 0 Å². The Kier molecular flexibility index (Phi) is 2.10. The highest BCUT2D eigenvalue weighted by Gasteiger charge is 2.49. The van der Waals surface area contributed by atoms with Gasteiger partial charge in [0, 0.05) is 17.2 Å². The predicted molar refractivity (Wildman–Crippen MR) is 70.8 cm³/mol. The minimum Gasteiger partial charge on any atom is -0.364 e. The number of aromatic nitrogens is 2. The summed E-state index contributed by atoms with van der Waals surface area (Å²) in [7, 11) is 0. The Morgan fingerprint density at radius 2 is 2.16 bits per heavy atom. The average molecular weight is 253 g/mol. The summed E-state index contributed by atoms with van der Waals surface area (Å²) < 4.78 is 1.99. The third-order valence-corrected chi connectivity index (χ3v) is 4.24. The Morgan fingerprint density at radius 3 is 2.89 bits per heavy atom. The van der Waals surface area contributed by atoms with Crippen molar-refractivity contribution in [2.75, 3.05) is 0 Å². The van der Waals surface area contributed by atoms with Crippen LogP contribution in [0.3, 0.4) is 0 Å². The summed E-state index contributed by atoms with van der Waals surface area (Å²) in [5.41, 5.74) is 9.48. The average Bonchev–Trinajstić information content (AvgIpc) is 2.92. The van der Waals surface area contributed by atoms with E-state index in [2.05, 4.69) is 17.2 Å². The number of nitrogens with two attached hydrogens (primary N) is 1. The van der Waals surface area contributed by atoms with Crippen LogP contribution in [0.4, 0.5) is 0 Å². The van der Waals surface area contributed by atoms with Gasteiger partial charge in [0.15, 0.2) is 5.69 Å². The lowest BCUT2D eigenvalue weighted by Gasteiger charge is -2.06. The SMILES string of the molecule is NC(=O)c1nn(Cc2ccccc2)c2c1CC1CC21. The monoisotopic (exact) mass is 253 g/mol. The van der Waals surface area contributed by atoms with E-state index in [1.165, 1.54) is 17.7 Å². The molecule has 4 rings (SSSR count). The fraction of sp³-hybridized carbons (Fsp3) is 0.333. The summed E-state index contributed by atoms with van der Waals surface area (Å²) in [6, 6.07) is 10.2. The van der Waals surface area contributed by atoms with Crippen LogP contribution in [-0.2, 0) is 13.0 Å². The molecule has 1 aromatic heterocycles. The largest absolute Gasteiger partial charge is 0.364 e. The molecule has 2 aliphatic rings. The van der Waals surface area contributed by atoms with Crippen LogP contribution in [0.5, 0.6) is 0 Å². The summed E-state index contributed by atoms with van der Waals surface area (Å²) in [4.78, 5) is 11.5. The quantitative estimate of drug-likeness (QED) is 0.904. The number of carbonyl (C=O) groups is 1. The normalized spacial score (nSPS) is 22.9. The van der Waals surface area contributed by atoms with E-state index in [1.54, 1.807) is 0 Å². The fourth-order valence-corrected chi connectivity index (χ4v) is 3.27. The van der Waals surface area contributed by atoms with Gasteiger partial charge in [0.2, 0.25) is 0 Å². The summed E-state index contributed by atoms with van der Waals surface area (Å²) >= 11 is 0. The molecule has 4 nitrogen and oxygen atoms in total. The van der Waals surface area contributed by atoms with Crippen LogP contribution in [0, 0.1) is 5.92 Å². The molecule has 0 spiro atoms. The number of amides is 1. The van der Waals surface area contributed by atoms with Crippen molar-refractivity contribution >= 4 is 5.91 Å². The molecule has 0 aliphatic heterocycles. The van der Waals surface area contributed by atoms with E-state index in [0.29, 0.717) is 11.6 Å². The van der Waals surface area contributed by atoms with Gasteiger partial charge in [0.25, 0.3) is 5.91 Å². The highest BCUT2D eigenvalue weighted by Crippen LogP contribution is 2.56. The van der Waals surface area contributed by atoms with Gasteiger partial charge in [-0.3, -0.25) is 9.48 Å². The van der Waals surface area contributed by atoms with E-state index < -0.39 is 5.91 Å².